The first-order chi connectivity index (χ1) is 24.1. The normalized spacial score (nSPS) is 26.1. The molecular weight excluding hydrogens is 548 g/mol. The third-order valence-corrected chi connectivity index (χ3v) is 7.54. The number of nitrogens with zero attached hydrogens (tertiary/aromatic N) is 3. The Morgan fingerprint density at radius 3 is 2.67 bits per heavy atom. The molecule has 0 saturated carbocycles. The zero-order valence-electron chi connectivity index (χ0n) is 33.4. The van der Waals surface area contributed by atoms with Crippen molar-refractivity contribution in [1.82, 2.24) is 14.9 Å². The van der Waals surface area contributed by atoms with Gasteiger partial charge in [0.05, 0.1) is 18.8 Å². The zero-order chi connectivity index (χ0) is 38.2. The highest BCUT2D eigenvalue weighted by Crippen LogP contribution is 2.43. The number of benzene rings is 2. The molecule has 6 rings (SSSR count). The SMILES string of the molecule is [2H]C([2H])(C1=C(c2ccc(Cl)cc2)CC(C)(C)CC1)N1C([2H])([2H])C([2H])([2H])N(c2ccc(C(=O)OC)c(Oc3cnc4[nH]ccc4c3)c2)C([2H])([2H])C1([2H])[2H]. The largest absolute Gasteiger partial charge is 0.465 e. The third-order valence-electron chi connectivity index (χ3n) is 7.29. The highest BCUT2D eigenvalue weighted by molar-refractivity contribution is 6.30. The summed E-state index contributed by atoms with van der Waals surface area (Å²) in [5.74, 6) is -0.911. The molecule has 1 saturated heterocycles. The van der Waals surface area contributed by atoms with Gasteiger partial charge >= 0.3 is 5.97 Å². The van der Waals surface area contributed by atoms with Gasteiger partial charge in [-0.3, -0.25) is 4.90 Å². The molecule has 218 valence electrons. The lowest BCUT2D eigenvalue weighted by Gasteiger charge is -2.39. The van der Waals surface area contributed by atoms with E-state index in [2.05, 4.69) is 9.97 Å². The number of esters is 1. The molecule has 0 atom stereocenters. The van der Waals surface area contributed by atoms with Crippen LogP contribution in [0.4, 0.5) is 5.69 Å². The second-order valence-electron chi connectivity index (χ2n) is 10.9. The third kappa shape index (κ3) is 6.18. The number of carbonyl (C=O) groups is 1. The van der Waals surface area contributed by atoms with E-state index in [9.17, 15) is 7.54 Å². The van der Waals surface area contributed by atoms with E-state index in [0.29, 0.717) is 44.9 Å². The number of rotatable bonds is 7. The summed E-state index contributed by atoms with van der Waals surface area (Å²) in [5.41, 5.74) is 0.838. The highest BCUT2D eigenvalue weighted by Gasteiger charge is 2.29. The lowest BCUT2D eigenvalue weighted by molar-refractivity contribution is 0.0598. The predicted octanol–water partition coefficient (Wildman–Crippen LogP) is 7.58. The summed E-state index contributed by atoms with van der Waals surface area (Å²) in [4.78, 5) is 20.3. The number of hydrogen-bond donors (Lipinski definition) is 1. The van der Waals surface area contributed by atoms with Crippen molar-refractivity contribution >= 4 is 39.9 Å². The molecule has 0 bridgehead atoms. The Hall–Kier alpha value is -3.81. The molecule has 4 aromatic rings. The maximum Gasteiger partial charge on any atom is 0.341 e. The standard InChI is InChI=1S/C34H37ClN4O3/c1-34(2)12-10-25(30(20-34)23-4-6-26(35)7-5-23)22-38-14-16-39(17-15-38)27-8-9-29(33(40)41-3)31(19-27)42-28-18-24-11-13-36-32(24)37-21-28/h4-9,11,13,18-19,21H,10,12,14-17,20,22H2,1-3H3,(H,36,37)/i14D2,15D2,16D2,17D2,22D2. The summed E-state index contributed by atoms with van der Waals surface area (Å²) < 4.78 is 103. The first-order valence-corrected chi connectivity index (χ1v) is 13.9. The fourth-order valence-corrected chi connectivity index (χ4v) is 5.16. The molecule has 0 spiro atoms. The smallest absolute Gasteiger partial charge is 0.341 e. The van der Waals surface area contributed by atoms with Gasteiger partial charge in [-0.25, -0.2) is 9.78 Å². The molecule has 42 heavy (non-hydrogen) atoms. The Morgan fingerprint density at radius 2 is 1.90 bits per heavy atom. The molecule has 0 radical (unpaired) electrons. The molecule has 1 aliphatic heterocycles. The molecule has 7 nitrogen and oxygen atoms in total. The molecule has 2 aromatic heterocycles. The van der Waals surface area contributed by atoms with Gasteiger partial charge in [-0.2, -0.15) is 0 Å². The number of aromatic amines is 1. The molecular formula is C34H37ClN4O3. The van der Waals surface area contributed by atoms with Crippen LogP contribution in [0.2, 0.25) is 5.02 Å². The van der Waals surface area contributed by atoms with Crippen LogP contribution in [0.1, 0.15) is 62.7 Å². The fraction of sp³-hybridized carbons (Fsp3) is 0.353. The van der Waals surface area contributed by atoms with E-state index < -0.39 is 38.5 Å². The Bertz CT molecular complexity index is 2040. The molecule has 1 fully saturated rings. The second-order valence-corrected chi connectivity index (χ2v) is 11.3. The van der Waals surface area contributed by atoms with Crippen molar-refractivity contribution in [3.05, 3.63) is 88.7 Å². The van der Waals surface area contributed by atoms with Gasteiger partial charge in [0.25, 0.3) is 0 Å². The molecule has 8 heteroatoms. The number of fused-ring (bicyclic) bond motifs is 1. The van der Waals surface area contributed by atoms with Gasteiger partial charge < -0.3 is 19.4 Å². The van der Waals surface area contributed by atoms with E-state index in [1.165, 1.54) is 12.3 Å². The highest BCUT2D eigenvalue weighted by atomic mass is 35.5. The summed E-state index contributed by atoms with van der Waals surface area (Å²) in [6.45, 7) is -12.9. The van der Waals surface area contributed by atoms with Crippen molar-refractivity contribution in [2.24, 2.45) is 5.41 Å². The van der Waals surface area contributed by atoms with Crippen molar-refractivity contribution in [1.29, 1.82) is 0 Å². The minimum Gasteiger partial charge on any atom is -0.465 e. The molecule has 2 aliphatic rings. The number of H-pyrrole nitrogens is 1. The van der Waals surface area contributed by atoms with Crippen LogP contribution in [-0.4, -0.2) is 60.4 Å². The molecule has 0 amide bonds. The van der Waals surface area contributed by atoms with E-state index in [1.807, 2.05) is 13.8 Å². The van der Waals surface area contributed by atoms with E-state index >= 15 is 0 Å². The summed E-state index contributed by atoms with van der Waals surface area (Å²) >= 11 is 6.13. The van der Waals surface area contributed by atoms with E-state index in [-0.39, 0.29) is 45.1 Å². The van der Waals surface area contributed by atoms with E-state index in [1.54, 1.807) is 42.6 Å². The Morgan fingerprint density at radius 1 is 1.12 bits per heavy atom. The lowest BCUT2D eigenvalue weighted by Crippen LogP contribution is -2.47. The van der Waals surface area contributed by atoms with Crippen LogP contribution in [0.5, 0.6) is 11.5 Å². The van der Waals surface area contributed by atoms with Crippen molar-refractivity contribution < 1.29 is 28.0 Å². The Labute approximate surface area is 266 Å². The molecule has 3 heterocycles. The number of ether oxygens (including phenoxy) is 2. The van der Waals surface area contributed by atoms with E-state index in [0.717, 1.165) is 19.2 Å². The van der Waals surface area contributed by atoms with Crippen LogP contribution in [-0.2, 0) is 4.74 Å². The van der Waals surface area contributed by atoms with Crippen molar-refractivity contribution in [2.75, 3.05) is 44.5 Å². The molecule has 0 unspecified atom stereocenters. The summed E-state index contributed by atoms with van der Waals surface area (Å²) in [6, 6.07) is 13.4. The molecule has 2 aromatic carbocycles. The minimum absolute atomic E-state index is 0.0214. The number of halogens is 1. The van der Waals surface area contributed by atoms with Gasteiger partial charge in [0.15, 0.2) is 0 Å². The first kappa shape index (κ1) is 18.7. The Kier molecular flexibility index (Phi) is 5.25. The summed E-state index contributed by atoms with van der Waals surface area (Å²) in [5, 5.41) is 1.12. The molecule has 1 aliphatic carbocycles. The quantitative estimate of drug-likeness (QED) is 0.222. The van der Waals surface area contributed by atoms with Gasteiger partial charge in [0.1, 0.15) is 22.7 Å². The number of piperazine rings is 1. The fourth-order valence-electron chi connectivity index (χ4n) is 5.03. The van der Waals surface area contributed by atoms with Gasteiger partial charge in [0.2, 0.25) is 0 Å². The molecule has 1 N–H and O–H groups in total. The number of aromatic nitrogens is 2. The maximum absolute atomic E-state index is 12.8. The van der Waals surface area contributed by atoms with Gasteiger partial charge in [-0.15, -0.1) is 0 Å². The number of allylic oxidation sites excluding steroid dienone is 1. The van der Waals surface area contributed by atoms with Crippen molar-refractivity contribution in [2.45, 2.75) is 33.1 Å². The van der Waals surface area contributed by atoms with Crippen LogP contribution in [0.3, 0.4) is 0 Å². The number of pyridine rings is 1. The maximum atomic E-state index is 12.8. The van der Waals surface area contributed by atoms with E-state index in [4.69, 9.17) is 32.0 Å². The van der Waals surface area contributed by atoms with Gasteiger partial charge in [-0.1, -0.05) is 43.2 Å². The monoisotopic (exact) mass is 594 g/mol. The number of methoxy groups -OCH3 is 1. The summed E-state index contributed by atoms with van der Waals surface area (Å²) in [6.07, 6.45) is 3.92. The van der Waals surface area contributed by atoms with Crippen LogP contribution >= 0.6 is 11.6 Å². The topological polar surface area (TPSA) is 70.7 Å². The first-order valence-electron chi connectivity index (χ1n) is 18.5. The van der Waals surface area contributed by atoms with Crippen molar-refractivity contribution in [3.63, 3.8) is 0 Å². The Balaban J connectivity index is 1.48. The zero-order valence-corrected chi connectivity index (χ0v) is 24.2. The number of anilines is 1. The number of hydrogen-bond acceptors (Lipinski definition) is 6. The average Bonchev–Trinajstić information content (AvgIpc) is 3.51. The second kappa shape index (κ2) is 11.8. The van der Waals surface area contributed by atoms with Crippen molar-refractivity contribution in [3.8, 4) is 11.5 Å². The number of nitrogens with one attached hydrogen (secondary N) is 1. The van der Waals surface area contributed by atoms with Gasteiger partial charge in [0, 0.05) is 69.1 Å². The average molecular weight is 595 g/mol. The predicted molar refractivity (Wildman–Crippen MR) is 169 cm³/mol. The van der Waals surface area contributed by atoms with Gasteiger partial charge in [-0.05, 0) is 72.2 Å². The van der Waals surface area contributed by atoms with Crippen LogP contribution in [0, 0.1) is 5.41 Å². The minimum atomic E-state index is -3.51. The summed E-state index contributed by atoms with van der Waals surface area (Å²) in [7, 11) is 1.14. The van der Waals surface area contributed by atoms with Crippen LogP contribution in [0.15, 0.2) is 72.6 Å². The number of carbonyl (C=O) groups excluding carboxylic acids is 1. The van der Waals surface area contributed by atoms with Crippen LogP contribution < -0.4 is 9.64 Å². The van der Waals surface area contributed by atoms with Crippen LogP contribution in [0.25, 0.3) is 16.6 Å². The lowest BCUT2D eigenvalue weighted by atomic mass is 9.72.